The number of anilines is 3. The van der Waals surface area contributed by atoms with Gasteiger partial charge in [0.15, 0.2) is 11.6 Å². The lowest BCUT2D eigenvalue weighted by Crippen LogP contribution is -2.43. The molecular weight excluding hydrogens is 407 g/mol. The molecular formula is C21H24ClFN6O. The number of benzene rings is 1. The number of nitrogens with one attached hydrogen (secondary N) is 2. The zero-order valence-corrected chi connectivity index (χ0v) is 17.1. The Morgan fingerprint density at radius 1 is 1.13 bits per heavy atom. The number of rotatable bonds is 5. The van der Waals surface area contributed by atoms with Crippen LogP contribution in [0, 0.1) is 5.82 Å². The maximum Gasteiger partial charge on any atom is 0.252 e. The molecule has 158 valence electrons. The highest BCUT2D eigenvalue weighted by molar-refractivity contribution is 6.01. The minimum Gasteiger partial charge on any atom is -0.365 e. The summed E-state index contributed by atoms with van der Waals surface area (Å²) in [6.45, 7) is 0. The second-order valence-corrected chi connectivity index (χ2v) is 7.31. The summed E-state index contributed by atoms with van der Waals surface area (Å²) in [5.74, 6) is -1.19. The van der Waals surface area contributed by atoms with E-state index in [1.807, 2.05) is 24.3 Å². The Hall–Kier alpha value is -2.97. The van der Waals surface area contributed by atoms with Gasteiger partial charge in [0.1, 0.15) is 5.82 Å². The molecule has 1 aliphatic carbocycles. The molecule has 30 heavy (non-hydrogen) atoms. The first-order valence-electron chi connectivity index (χ1n) is 9.65. The molecule has 0 unspecified atom stereocenters. The monoisotopic (exact) mass is 430 g/mol. The first-order chi connectivity index (χ1) is 14.0. The Morgan fingerprint density at radius 3 is 2.67 bits per heavy atom. The summed E-state index contributed by atoms with van der Waals surface area (Å²) < 4.78 is 14.7. The van der Waals surface area contributed by atoms with Gasteiger partial charge in [-0.05, 0) is 18.9 Å². The second kappa shape index (κ2) is 9.23. The van der Waals surface area contributed by atoms with Crippen molar-refractivity contribution in [1.29, 1.82) is 0 Å². The summed E-state index contributed by atoms with van der Waals surface area (Å²) in [7, 11) is 0. The zero-order chi connectivity index (χ0) is 20.4. The van der Waals surface area contributed by atoms with Crippen LogP contribution in [0.25, 0.3) is 10.8 Å². The van der Waals surface area contributed by atoms with Gasteiger partial charge in [-0.3, -0.25) is 9.78 Å². The number of fused-ring (bicyclic) bond motifs is 1. The topological polar surface area (TPSA) is 119 Å². The standard InChI is InChI=1S/C21H23FN6O.ClH/c22-15-9-14(19(24)29)20(28-21(15)26-17-8-4-3-7-16(17)23)27-18-11-25-10-12-5-1-2-6-13(12)18;/h1-2,5-6,9-11,16-17H,3-4,7-8,23H2,(H2,24,29)(H2,26,27,28);1H/t16-,17+;/m0./s1. The second-order valence-electron chi connectivity index (χ2n) is 7.31. The maximum atomic E-state index is 14.7. The molecule has 1 fully saturated rings. The van der Waals surface area contributed by atoms with Crippen LogP contribution in [0.2, 0.25) is 0 Å². The first kappa shape index (κ1) is 21.7. The van der Waals surface area contributed by atoms with Gasteiger partial charge in [0.05, 0.1) is 17.4 Å². The summed E-state index contributed by atoms with van der Waals surface area (Å²) in [6.07, 6.45) is 7.19. The van der Waals surface area contributed by atoms with Crippen molar-refractivity contribution >= 4 is 46.4 Å². The predicted molar refractivity (Wildman–Crippen MR) is 119 cm³/mol. The molecule has 4 rings (SSSR count). The van der Waals surface area contributed by atoms with Gasteiger partial charge < -0.3 is 22.1 Å². The molecule has 0 radical (unpaired) electrons. The van der Waals surface area contributed by atoms with Gasteiger partial charge in [-0.1, -0.05) is 37.1 Å². The average Bonchev–Trinajstić information content (AvgIpc) is 2.72. The molecule has 9 heteroatoms. The van der Waals surface area contributed by atoms with Crippen LogP contribution < -0.4 is 22.1 Å². The Bertz CT molecular complexity index is 1060. The van der Waals surface area contributed by atoms with E-state index < -0.39 is 11.7 Å². The Balaban J connectivity index is 0.00000256. The smallest absolute Gasteiger partial charge is 0.252 e. The number of nitrogens with zero attached hydrogens (tertiary/aromatic N) is 2. The number of halogens is 2. The van der Waals surface area contributed by atoms with Crippen molar-refractivity contribution in [1.82, 2.24) is 9.97 Å². The molecule has 3 aromatic rings. The average molecular weight is 431 g/mol. The summed E-state index contributed by atoms with van der Waals surface area (Å²) in [5, 5.41) is 8.03. The van der Waals surface area contributed by atoms with Crippen molar-refractivity contribution in [2.45, 2.75) is 37.8 Å². The van der Waals surface area contributed by atoms with E-state index in [0.29, 0.717) is 5.69 Å². The highest BCUT2D eigenvalue weighted by Crippen LogP contribution is 2.29. The number of carbonyl (C=O) groups is 1. The van der Waals surface area contributed by atoms with E-state index in [4.69, 9.17) is 11.5 Å². The quantitative estimate of drug-likeness (QED) is 0.490. The number of amides is 1. The fraction of sp³-hybridized carbons (Fsp3) is 0.286. The summed E-state index contributed by atoms with van der Waals surface area (Å²) in [5.41, 5.74) is 12.2. The molecule has 2 atom stereocenters. The van der Waals surface area contributed by atoms with E-state index in [9.17, 15) is 9.18 Å². The van der Waals surface area contributed by atoms with E-state index in [1.165, 1.54) is 0 Å². The molecule has 2 aromatic heterocycles. The Labute approximate surface area is 179 Å². The largest absolute Gasteiger partial charge is 0.365 e. The van der Waals surface area contributed by atoms with Crippen LogP contribution in [-0.2, 0) is 0 Å². The van der Waals surface area contributed by atoms with Crippen LogP contribution in [0.4, 0.5) is 21.7 Å². The number of carbonyl (C=O) groups excluding carboxylic acids is 1. The highest BCUT2D eigenvalue weighted by Gasteiger charge is 2.24. The van der Waals surface area contributed by atoms with Crippen LogP contribution in [0.1, 0.15) is 36.0 Å². The molecule has 0 aliphatic heterocycles. The summed E-state index contributed by atoms with van der Waals surface area (Å²) >= 11 is 0. The number of nitrogens with two attached hydrogens (primary N) is 2. The molecule has 0 bridgehead atoms. The van der Waals surface area contributed by atoms with Crippen LogP contribution in [-0.4, -0.2) is 28.0 Å². The van der Waals surface area contributed by atoms with E-state index in [1.54, 1.807) is 12.4 Å². The minimum absolute atomic E-state index is 0. The normalized spacial score (nSPS) is 18.5. The number of hydrogen-bond acceptors (Lipinski definition) is 6. The summed E-state index contributed by atoms with van der Waals surface area (Å²) in [6, 6.07) is 8.63. The van der Waals surface area contributed by atoms with Gasteiger partial charge in [-0.25, -0.2) is 9.37 Å². The molecule has 1 aliphatic rings. The number of pyridine rings is 2. The molecule has 0 saturated heterocycles. The van der Waals surface area contributed by atoms with Gasteiger partial charge >= 0.3 is 0 Å². The van der Waals surface area contributed by atoms with Gasteiger partial charge in [-0.2, -0.15) is 0 Å². The predicted octanol–water partition coefficient (Wildman–Crippen LogP) is 3.72. The highest BCUT2D eigenvalue weighted by atomic mass is 35.5. The molecule has 1 amide bonds. The molecule has 7 nitrogen and oxygen atoms in total. The first-order valence-corrected chi connectivity index (χ1v) is 9.65. The van der Waals surface area contributed by atoms with Crippen molar-refractivity contribution in [2.24, 2.45) is 11.5 Å². The third-order valence-electron chi connectivity index (χ3n) is 5.30. The number of primary amides is 1. The zero-order valence-electron chi connectivity index (χ0n) is 16.3. The van der Waals surface area contributed by atoms with Gasteiger partial charge in [0.25, 0.3) is 5.91 Å². The fourth-order valence-corrected chi connectivity index (χ4v) is 3.73. The van der Waals surface area contributed by atoms with Crippen molar-refractivity contribution in [3.8, 4) is 0 Å². The van der Waals surface area contributed by atoms with E-state index >= 15 is 0 Å². The Morgan fingerprint density at radius 2 is 1.90 bits per heavy atom. The van der Waals surface area contributed by atoms with Crippen molar-refractivity contribution < 1.29 is 9.18 Å². The third kappa shape index (κ3) is 4.44. The van der Waals surface area contributed by atoms with Crippen LogP contribution in [0.5, 0.6) is 0 Å². The van der Waals surface area contributed by atoms with Gasteiger partial charge in [0.2, 0.25) is 0 Å². The SMILES string of the molecule is Cl.NC(=O)c1cc(F)c(N[C@@H]2CCCC[C@@H]2N)nc1Nc1cncc2ccccc12. The van der Waals surface area contributed by atoms with Crippen molar-refractivity contribution in [2.75, 3.05) is 10.6 Å². The minimum atomic E-state index is -0.770. The molecule has 1 saturated carbocycles. The van der Waals surface area contributed by atoms with E-state index in [0.717, 1.165) is 42.5 Å². The van der Waals surface area contributed by atoms with E-state index in [2.05, 4.69) is 20.6 Å². The van der Waals surface area contributed by atoms with Gasteiger partial charge in [0, 0.05) is 29.1 Å². The molecule has 1 aromatic carbocycles. The lowest BCUT2D eigenvalue weighted by molar-refractivity contribution is 0.100. The number of aromatic nitrogens is 2. The third-order valence-corrected chi connectivity index (χ3v) is 5.30. The fourth-order valence-electron chi connectivity index (χ4n) is 3.73. The summed E-state index contributed by atoms with van der Waals surface area (Å²) in [4.78, 5) is 20.5. The molecule has 0 spiro atoms. The van der Waals surface area contributed by atoms with Gasteiger partial charge in [-0.15, -0.1) is 12.4 Å². The molecule has 2 heterocycles. The maximum absolute atomic E-state index is 14.7. The van der Waals surface area contributed by atoms with Crippen molar-refractivity contribution in [3.63, 3.8) is 0 Å². The Kier molecular flexibility index (Phi) is 6.69. The van der Waals surface area contributed by atoms with Crippen LogP contribution in [0.15, 0.2) is 42.7 Å². The van der Waals surface area contributed by atoms with Crippen LogP contribution >= 0.6 is 12.4 Å². The lowest BCUT2D eigenvalue weighted by atomic mass is 9.91. The molecule has 6 N–H and O–H groups in total. The van der Waals surface area contributed by atoms with Crippen LogP contribution in [0.3, 0.4) is 0 Å². The lowest BCUT2D eigenvalue weighted by Gasteiger charge is -2.30. The van der Waals surface area contributed by atoms with E-state index in [-0.39, 0.29) is 41.7 Å². The number of hydrogen-bond donors (Lipinski definition) is 4. The van der Waals surface area contributed by atoms with Crippen molar-refractivity contribution in [3.05, 3.63) is 54.1 Å².